The van der Waals surface area contributed by atoms with Crippen LogP contribution < -0.4 is 0 Å². The molecule has 1 aromatic carbocycles. The van der Waals surface area contributed by atoms with Crippen molar-refractivity contribution in [1.29, 1.82) is 0 Å². The lowest BCUT2D eigenvalue weighted by Gasteiger charge is -1.99. The zero-order valence-corrected chi connectivity index (χ0v) is 13.8. The van der Waals surface area contributed by atoms with Crippen molar-refractivity contribution < 1.29 is 4.79 Å². The molecule has 0 radical (unpaired) electrons. The van der Waals surface area contributed by atoms with Gasteiger partial charge in [0.1, 0.15) is 0 Å². The van der Waals surface area contributed by atoms with Gasteiger partial charge in [-0.3, -0.25) is 4.79 Å². The third-order valence-corrected chi connectivity index (χ3v) is 4.33. The fraction of sp³-hybridized carbons (Fsp3) is 0.188. The van der Waals surface area contributed by atoms with Crippen LogP contribution in [0, 0.1) is 13.8 Å². The number of pyridine rings is 1. The zero-order chi connectivity index (χ0) is 15.7. The number of rotatable bonds is 4. The van der Waals surface area contributed by atoms with Crippen LogP contribution in [0.3, 0.4) is 0 Å². The second kappa shape index (κ2) is 6.10. The third-order valence-electron chi connectivity index (χ3n) is 3.24. The molecule has 2 aromatic heterocycles. The Morgan fingerprint density at radius 1 is 1.23 bits per heavy atom. The van der Waals surface area contributed by atoms with E-state index in [-0.39, 0.29) is 5.78 Å². The molecule has 0 N–H and O–H groups in total. The molecule has 0 fully saturated rings. The summed E-state index contributed by atoms with van der Waals surface area (Å²) >= 11 is 7.17. The first-order valence-corrected chi connectivity index (χ1v) is 8.15. The van der Waals surface area contributed by atoms with Crippen molar-refractivity contribution >= 4 is 34.8 Å². The largest absolute Gasteiger partial charge is 0.293 e. The molecular formula is C16H14ClN3OS. The Morgan fingerprint density at radius 2 is 1.95 bits per heavy atom. The number of aryl methyl sites for hydroxylation is 2. The summed E-state index contributed by atoms with van der Waals surface area (Å²) in [5.74, 6) is 0.338. The number of hydrogen-bond donors (Lipinski definition) is 0. The first-order valence-electron chi connectivity index (χ1n) is 6.78. The maximum Gasteiger partial charge on any atom is 0.209 e. The molecule has 4 nitrogen and oxygen atoms in total. The summed E-state index contributed by atoms with van der Waals surface area (Å²) in [5.41, 5.74) is 3.62. The number of Topliss-reactive ketones (excluding diaryl/α,β-unsaturated/α-hetero) is 1. The van der Waals surface area contributed by atoms with Gasteiger partial charge in [-0.05, 0) is 55.8 Å². The molecule has 0 saturated heterocycles. The maximum absolute atomic E-state index is 12.1. The fourth-order valence-electron chi connectivity index (χ4n) is 2.20. The van der Waals surface area contributed by atoms with Crippen molar-refractivity contribution in [2.75, 3.05) is 5.75 Å². The van der Waals surface area contributed by atoms with Gasteiger partial charge in [-0.2, -0.15) is 0 Å². The van der Waals surface area contributed by atoms with Crippen LogP contribution in [0.5, 0.6) is 0 Å². The van der Waals surface area contributed by atoms with Gasteiger partial charge in [0.05, 0.1) is 5.75 Å². The Bertz CT molecular complexity index is 842. The number of benzene rings is 1. The monoisotopic (exact) mass is 331 g/mol. The lowest BCUT2D eigenvalue weighted by molar-refractivity contribution is 0.102. The van der Waals surface area contributed by atoms with Crippen LogP contribution in [-0.2, 0) is 0 Å². The quantitative estimate of drug-likeness (QED) is 0.536. The number of fused-ring (bicyclic) bond motifs is 1. The SMILES string of the molecule is Cc1cc(C)n2nc(SCC(=O)c3ccc(Cl)cc3)nc2c1. The lowest BCUT2D eigenvalue weighted by atomic mass is 10.1. The number of aromatic nitrogens is 3. The highest BCUT2D eigenvalue weighted by atomic mass is 35.5. The number of ketones is 1. The van der Waals surface area contributed by atoms with Crippen LogP contribution in [0.1, 0.15) is 21.6 Å². The summed E-state index contributed by atoms with van der Waals surface area (Å²) in [6.07, 6.45) is 0. The van der Waals surface area contributed by atoms with Gasteiger partial charge in [-0.15, -0.1) is 5.10 Å². The van der Waals surface area contributed by atoms with Gasteiger partial charge in [-0.1, -0.05) is 23.4 Å². The molecule has 0 aliphatic carbocycles. The van der Waals surface area contributed by atoms with E-state index < -0.39 is 0 Å². The molecule has 3 aromatic rings. The summed E-state index contributed by atoms with van der Waals surface area (Å²) in [6, 6.07) is 10.9. The van der Waals surface area contributed by atoms with E-state index in [0.717, 1.165) is 16.9 Å². The summed E-state index contributed by atoms with van der Waals surface area (Å²) in [4.78, 5) is 16.6. The van der Waals surface area contributed by atoms with Gasteiger partial charge in [0.15, 0.2) is 11.4 Å². The second-order valence-electron chi connectivity index (χ2n) is 5.06. The van der Waals surface area contributed by atoms with Gasteiger partial charge >= 0.3 is 0 Å². The molecule has 0 spiro atoms. The Kier molecular flexibility index (Phi) is 4.18. The molecule has 0 atom stereocenters. The van der Waals surface area contributed by atoms with E-state index in [1.165, 1.54) is 11.8 Å². The van der Waals surface area contributed by atoms with Crippen LogP contribution >= 0.6 is 23.4 Å². The third kappa shape index (κ3) is 3.15. The molecule has 0 amide bonds. The molecule has 3 rings (SSSR count). The first kappa shape index (κ1) is 15.1. The van der Waals surface area contributed by atoms with E-state index in [1.54, 1.807) is 28.8 Å². The van der Waals surface area contributed by atoms with E-state index >= 15 is 0 Å². The Hall–Kier alpha value is -1.85. The molecule has 0 aliphatic rings. The average molecular weight is 332 g/mol. The molecule has 0 bridgehead atoms. The first-order chi connectivity index (χ1) is 10.5. The van der Waals surface area contributed by atoms with Crippen molar-refractivity contribution in [1.82, 2.24) is 14.6 Å². The summed E-state index contributed by atoms with van der Waals surface area (Å²) in [6.45, 7) is 4.01. The molecule has 6 heteroatoms. The summed E-state index contributed by atoms with van der Waals surface area (Å²) in [7, 11) is 0. The van der Waals surface area contributed by atoms with Gasteiger partial charge < -0.3 is 0 Å². The number of carbonyl (C=O) groups is 1. The number of carbonyl (C=O) groups excluding carboxylic acids is 1. The maximum atomic E-state index is 12.1. The topological polar surface area (TPSA) is 47.3 Å². The Labute approximate surface area is 137 Å². The standard InChI is InChI=1S/C16H14ClN3OS/c1-10-7-11(2)20-15(8-10)18-16(19-20)22-9-14(21)12-3-5-13(17)6-4-12/h3-8H,9H2,1-2H3. The number of nitrogens with zero attached hydrogens (tertiary/aromatic N) is 3. The van der Waals surface area contributed by atoms with Gasteiger partial charge in [0.2, 0.25) is 5.16 Å². The summed E-state index contributed by atoms with van der Waals surface area (Å²) in [5, 5.41) is 5.66. The predicted molar refractivity (Wildman–Crippen MR) is 89.0 cm³/mol. The van der Waals surface area contributed by atoms with E-state index in [2.05, 4.69) is 16.1 Å². The highest BCUT2D eigenvalue weighted by Crippen LogP contribution is 2.19. The Morgan fingerprint density at radius 3 is 2.68 bits per heavy atom. The molecule has 0 saturated carbocycles. The number of hydrogen-bond acceptors (Lipinski definition) is 4. The van der Waals surface area contributed by atoms with Crippen LogP contribution in [0.25, 0.3) is 5.65 Å². The lowest BCUT2D eigenvalue weighted by Crippen LogP contribution is -2.02. The molecule has 0 unspecified atom stereocenters. The molecule has 2 heterocycles. The predicted octanol–water partition coefficient (Wildman–Crippen LogP) is 3.97. The minimum atomic E-state index is 0.0356. The second-order valence-corrected chi connectivity index (χ2v) is 6.44. The molecule has 112 valence electrons. The van der Waals surface area contributed by atoms with E-state index in [9.17, 15) is 4.79 Å². The fourth-order valence-corrected chi connectivity index (χ4v) is 3.05. The smallest absolute Gasteiger partial charge is 0.209 e. The molecule has 0 aliphatic heterocycles. The van der Waals surface area contributed by atoms with Gasteiger partial charge in [0, 0.05) is 16.3 Å². The minimum Gasteiger partial charge on any atom is -0.293 e. The molecule has 22 heavy (non-hydrogen) atoms. The van der Waals surface area contributed by atoms with Crippen molar-refractivity contribution in [2.24, 2.45) is 0 Å². The van der Waals surface area contributed by atoms with Crippen LogP contribution in [-0.4, -0.2) is 26.1 Å². The van der Waals surface area contributed by atoms with E-state index in [0.29, 0.717) is 21.5 Å². The number of halogens is 1. The Balaban J connectivity index is 1.75. The van der Waals surface area contributed by atoms with Crippen molar-refractivity contribution in [3.05, 3.63) is 58.2 Å². The van der Waals surface area contributed by atoms with Crippen LogP contribution in [0.4, 0.5) is 0 Å². The van der Waals surface area contributed by atoms with E-state index in [4.69, 9.17) is 11.6 Å². The molecular weight excluding hydrogens is 318 g/mol. The minimum absolute atomic E-state index is 0.0356. The van der Waals surface area contributed by atoms with Crippen LogP contribution in [0.2, 0.25) is 5.02 Å². The summed E-state index contributed by atoms with van der Waals surface area (Å²) < 4.78 is 1.79. The highest BCUT2D eigenvalue weighted by molar-refractivity contribution is 7.99. The van der Waals surface area contributed by atoms with Crippen molar-refractivity contribution in [2.45, 2.75) is 19.0 Å². The normalized spacial score (nSPS) is 11.0. The number of thioether (sulfide) groups is 1. The average Bonchev–Trinajstić information content (AvgIpc) is 2.89. The van der Waals surface area contributed by atoms with Gasteiger partial charge in [-0.25, -0.2) is 9.50 Å². The van der Waals surface area contributed by atoms with Crippen molar-refractivity contribution in [3.8, 4) is 0 Å². The zero-order valence-electron chi connectivity index (χ0n) is 12.2. The highest BCUT2D eigenvalue weighted by Gasteiger charge is 2.11. The van der Waals surface area contributed by atoms with Crippen molar-refractivity contribution in [3.63, 3.8) is 0 Å². The van der Waals surface area contributed by atoms with E-state index in [1.807, 2.05) is 19.9 Å². The van der Waals surface area contributed by atoms with Gasteiger partial charge in [0.25, 0.3) is 0 Å². The van der Waals surface area contributed by atoms with Crippen LogP contribution in [0.15, 0.2) is 41.6 Å².